The van der Waals surface area contributed by atoms with Gasteiger partial charge in [-0.1, -0.05) is 25.4 Å². The van der Waals surface area contributed by atoms with Gasteiger partial charge >= 0.3 is 5.97 Å². The second kappa shape index (κ2) is 6.50. The number of hydrogen-bond acceptors (Lipinski definition) is 2. The first-order valence-electron chi connectivity index (χ1n) is 5.87. The van der Waals surface area contributed by atoms with Crippen LogP contribution < -0.4 is 4.90 Å². The van der Waals surface area contributed by atoms with E-state index in [1.165, 1.54) is 6.07 Å². The second-order valence-corrected chi connectivity index (χ2v) is 4.43. The van der Waals surface area contributed by atoms with Crippen LogP contribution in [0.5, 0.6) is 0 Å². The molecule has 94 valence electrons. The van der Waals surface area contributed by atoms with Crippen LogP contribution >= 0.6 is 11.6 Å². The number of carboxylic acids is 1. The van der Waals surface area contributed by atoms with Crippen molar-refractivity contribution in [3.63, 3.8) is 0 Å². The average Bonchev–Trinajstić information content (AvgIpc) is 2.28. The van der Waals surface area contributed by atoms with Gasteiger partial charge in [-0.2, -0.15) is 0 Å². The predicted octanol–water partition coefficient (Wildman–Crippen LogP) is 3.66. The van der Waals surface area contributed by atoms with E-state index in [0.29, 0.717) is 5.02 Å². The smallest absolute Gasteiger partial charge is 0.335 e. The molecule has 1 rings (SSSR count). The molecule has 0 aromatic heterocycles. The van der Waals surface area contributed by atoms with Crippen molar-refractivity contribution >= 4 is 23.3 Å². The SMILES string of the molecule is CCCN(CCC)c1cc(Cl)cc(C(=O)O)c1. The van der Waals surface area contributed by atoms with Crippen LogP contribution in [-0.4, -0.2) is 24.2 Å². The second-order valence-electron chi connectivity index (χ2n) is 3.99. The molecule has 0 fully saturated rings. The first-order valence-corrected chi connectivity index (χ1v) is 6.25. The molecule has 0 aliphatic heterocycles. The summed E-state index contributed by atoms with van der Waals surface area (Å²) in [6.45, 7) is 6.02. The van der Waals surface area contributed by atoms with Crippen LogP contribution in [0.1, 0.15) is 37.0 Å². The van der Waals surface area contributed by atoms with Crippen LogP contribution in [0.3, 0.4) is 0 Å². The molecule has 0 heterocycles. The standard InChI is InChI=1S/C13H18ClNO2/c1-3-5-15(6-4-2)12-8-10(13(16)17)7-11(14)9-12/h7-9H,3-6H2,1-2H3,(H,16,17). The summed E-state index contributed by atoms with van der Waals surface area (Å²) in [4.78, 5) is 13.1. The third-order valence-electron chi connectivity index (χ3n) is 2.48. The summed E-state index contributed by atoms with van der Waals surface area (Å²) in [7, 11) is 0. The zero-order valence-corrected chi connectivity index (χ0v) is 11.0. The minimum atomic E-state index is -0.943. The summed E-state index contributed by atoms with van der Waals surface area (Å²) >= 11 is 5.95. The van der Waals surface area contributed by atoms with E-state index >= 15 is 0 Å². The molecule has 1 aromatic rings. The highest BCUT2D eigenvalue weighted by atomic mass is 35.5. The maximum atomic E-state index is 11.0. The number of carbonyl (C=O) groups is 1. The maximum Gasteiger partial charge on any atom is 0.335 e. The molecule has 0 bridgehead atoms. The number of halogens is 1. The molecule has 4 heteroatoms. The van der Waals surface area contributed by atoms with Crippen LogP contribution in [0, 0.1) is 0 Å². The molecule has 0 spiro atoms. The molecule has 0 unspecified atom stereocenters. The van der Waals surface area contributed by atoms with E-state index in [1.54, 1.807) is 6.07 Å². The Labute approximate surface area is 107 Å². The van der Waals surface area contributed by atoms with Crippen molar-refractivity contribution in [2.75, 3.05) is 18.0 Å². The summed E-state index contributed by atoms with van der Waals surface area (Å²) in [6, 6.07) is 4.97. The highest BCUT2D eigenvalue weighted by Gasteiger charge is 2.10. The summed E-state index contributed by atoms with van der Waals surface area (Å²) in [5.74, 6) is -0.943. The third-order valence-corrected chi connectivity index (χ3v) is 2.70. The van der Waals surface area contributed by atoms with Gasteiger partial charge in [0.25, 0.3) is 0 Å². The number of benzene rings is 1. The number of rotatable bonds is 6. The Balaban J connectivity index is 3.04. The first kappa shape index (κ1) is 13.8. The van der Waals surface area contributed by atoms with E-state index in [1.807, 2.05) is 6.07 Å². The Morgan fingerprint density at radius 2 is 1.82 bits per heavy atom. The number of nitrogens with zero attached hydrogens (tertiary/aromatic N) is 1. The van der Waals surface area contributed by atoms with Crippen molar-refractivity contribution in [1.29, 1.82) is 0 Å². The minimum Gasteiger partial charge on any atom is -0.478 e. The molecule has 0 aliphatic carbocycles. The van der Waals surface area contributed by atoms with E-state index < -0.39 is 5.97 Å². The van der Waals surface area contributed by atoms with E-state index in [0.717, 1.165) is 31.6 Å². The molecule has 0 atom stereocenters. The summed E-state index contributed by atoms with van der Waals surface area (Å²) in [6.07, 6.45) is 2.05. The van der Waals surface area contributed by atoms with Gasteiger partial charge in [0.15, 0.2) is 0 Å². The molecule has 0 radical (unpaired) electrons. The zero-order valence-electron chi connectivity index (χ0n) is 10.2. The summed E-state index contributed by atoms with van der Waals surface area (Å²) in [5, 5.41) is 9.47. The minimum absolute atomic E-state index is 0.240. The Kier molecular flexibility index (Phi) is 5.29. The lowest BCUT2D eigenvalue weighted by Gasteiger charge is -2.24. The van der Waals surface area contributed by atoms with Crippen LogP contribution in [0.2, 0.25) is 5.02 Å². The van der Waals surface area contributed by atoms with Crippen LogP contribution in [-0.2, 0) is 0 Å². The fraction of sp³-hybridized carbons (Fsp3) is 0.462. The largest absolute Gasteiger partial charge is 0.478 e. The van der Waals surface area contributed by atoms with E-state index in [2.05, 4.69) is 18.7 Å². The number of anilines is 1. The Bertz CT molecular complexity index is 387. The highest BCUT2D eigenvalue weighted by Crippen LogP contribution is 2.23. The molecule has 0 aliphatic rings. The Hall–Kier alpha value is -1.22. The normalized spacial score (nSPS) is 10.3. The highest BCUT2D eigenvalue weighted by molar-refractivity contribution is 6.31. The van der Waals surface area contributed by atoms with E-state index in [4.69, 9.17) is 16.7 Å². The maximum absolute atomic E-state index is 11.0. The van der Waals surface area contributed by atoms with Crippen molar-refractivity contribution in [2.24, 2.45) is 0 Å². The van der Waals surface area contributed by atoms with E-state index in [9.17, 15) is 4.79 Å². The quantitative estimate of drug-likeness (QED) is 0.843. The topological polar surface area (TPSA) is 40.5 Å². The van der Waals surface area contributed by atoms with Gasteiger partial charge in [0, 0.05) is 23.8 Å². The van der Waals surface area contributed by atoms with Gasteiger partial charge in [0.2, 0.25) is 0 Å². The van der Waals surface area contributed by atoms with E-state index in [-0.39, 0.29) is 5.56 Å². The lowest BCUT2D eigenvalue weighted by molar-refractivity contribution is 0.0697. The molecular formula is C13H18ClNO2. The number of aromatic carboxylic acids is 1. The first-order chi connectivity index (χ1) is 8.08. The van der Waals surface area contributed by atoms with Crippen molar-refractivity contribution in [3.8, 4) is 0 Å². The zero-order chi connectivity index (χ0) is 12.8. The van der Waals surface area contributed by atoms with Crippen molar-refractivity contribution < 1.29 is 9.90 Å². The number of carboxylic acid groups (broad SMARTS) is 1. The Morgan fingerprint density at radius 3 is 2.29 bits per heavy atom. The molecule has 1 N–H and O–H groups in total. The van der Waals surface area contributed by atoms with Gasteiger partial charge in [-0.25, -0.2) is 4.79 Å². The Morgan fingerprint density at radius 1 is 1.24 bits per heavy atom. The van der Waals surface area contributed by atoms with Crippen molar-refractivity contribution in [3.05, 3.63) is 28.8 Å². The van der Waals surface area contributed by atoms with Crippen LogP contribution in [0.15, 0.2) is 18.2 Å². The fourth-order valence-electron chi connectivity index (χ4n) is 1.79. The molecule has 3 nitrogen and oxygen atoms in total. The summed E-state index contributed by atoms with van der Waals surface area (Å²) in [5.41, 5.74) is 1.13. The van der Waals surface area contributed by atoms with Gasteiger partial charge < -0.3 is 10.0 Å². The fourth-order valence-corrected chi connectivity index (χ4v) is 2.02. The van der Waals surface area contributed by atoms with Crippen molar-refractivity contribution in [1.82, 2.24) is 0 Å². The summed E-state index contributed by atoms with van der Waals surface area (Å²) < 4.78 is 0. The lowest BCUT2D eigenvalue weighted by Crippen LogP contribution is -2.25. The molecule has 0 saturated heterocycles. The third kappa shape index (κ3) is 3.93. The predicted molar refractivity (Wildman–Crippen MR) is 71.2 cm³/mol. The molecule has 1 aromatic carbocycles. The van der Waals surface area contributed by atoms with Gasteiger partial charge in [-0.15, -0.1) is 0 Å². The monoisotopic (exact) mass is 255 g/mol. The van der Waals surface area contributed by atoms with Crippen molar-refractivity contribution in [2.45, 2.75) is 26.7 Å². The molecule has 0 amide bonds. The lowest BCUT2D eigenvalue weighted by atomic mass is 10.1. The van der Waals surface area contributed by atoms with Gasteiger partial charge in [0.05, 0.1) is 5.56 Å². The number of hydrogen-bond donors (Lipinski definition) is 1. The molecule has 0 saturated carbocycles. The molecule has 17 heavy (non-hydrogen) atoms. The van der Waals surface area contributed by atoms with Crippen LogP contribution in [0.4, 0.5) is 5.69 Å². The molecular weight excluding hydrogens is 238 g/mol. The van der Waals surface area contributed by atoms with Gasteiger partial charge in [0.1, 0.15) is 0 Å². The van der Waals surface area contributed by atoms with Gasteiger partial charge in [-0.3, -0.25) is 0 Å². The van der Waals surface area contributed by atoms with Gasteiger partial charge in [-0.05, 0) is 31.0 Å². The average molecular weight is 256 g/mol. The van der Waals surface area contributed by atoms with Crippen LogP contribution in [0.25, 0.3) is 0 Å².